The van der Waals surface area contributed by atoms with Crippen LogP contribution in [0.5, 0.6) is 11.5 Å². The first-order valence-electron chi connectivity index (χ1n) is 12.2. The number of benzene rings is 2. The van der Waals surface area contributed by atoms with Crippen LogP contribution >= 0.6 is 0 Å². The first-order chi connectivity index (χ1) is 15.9. The molecule has 5 rings (SSSR count). The number of rotatable bonds is 4. The number of hydrogen-bond donors (Lipinski definition) is 1. The number of carbonyl (C=O) groups excluding carboxylic acids is 1. The van der Waals surface area contributed by atoms with E-state index in [1.165, 1.54) is 5.56 Å². The van der Waals surface area contributed by atoms with Crippen LogP contribution in [0, 0.1) is 5.92 Å². The summed E-state index contributed by atoms with van der Waals surface area (Å²) in [7, 11) is 0. The van der Waals surface area contributed by atoms with Crippen molar-refractivity contribution in [2.75, 3.05) is 13.3 Å². The van der Waals surface area contributed by atoms with Gasteiger partial charge in [0.1, 0.15) is 0 Å². The fourth-order valence-corrected chi connectivity index (χ4v) is 5.69. The summed E-state index contributed by atoms with van der Waals surface area (Å²) >= 11 is 0. The van der Waals surface area contributed by atoms with Crippen LogP contribution in [-0.2, 0) is 4.79 Å². The first kappa shape index (κ1) is 22.0. The largest absolute Gasteiger partial charge is 0.454 e. The maximum absolute atomic E-state index is 13.4. The summed E-state index contributed by atoms with van der Waals surface area (Å²) < 4.78 is 11.1. The van der Waals surface area contributed by atoms with Crippen LogP contribution in [0.1, 0.15) is 74.6 Å². The van der Waals surface area contributed by atoms with E-state index >= 15 is 0 Å². The van der Waals surface area contributed by atoms with Gasteiger partial charge in [0.05, 0.1) is 11.6 Å². The number of likely N-dealkylation sites (tertiary alicyclic amines) is 1. The Kier molecular flexibility index (Phi) is 5.92. The topological polar surface area (TPSA) is 59.0 Å². The average molecular weight is 448 g/mol. The van der Waals surface area contributed by atoms with Gasteiger partial charge in [-0.3, -0.25) is 4.79 Å². The fourth-order valence-electron chi connectivity index (χ4n) is 5.69. The molecule has 3 atom stereocenters. The molecule has 2 aliphatic heterocycles. The Hall–Kier alpha value is -2.79. The zero-order valence-electron chi connectivity index (χ0n) is 19.5. The van der Waals surface area contributed by atoms with E-state index in [0.29, 0.717) is 24.6 Å². The summed E-state index contributed by atoms with van der Waals surface area (Å²) in [6.45, 7) is 5.11. The molecule has 0 unspecified atom stereocenters. The number of ether oxygens (including phenoxy) is 2. The van der Waals surface area contributed by atoms with Crippen molar-refractivity contribution in [3.05, 3.63) is 65.2 Å². The number of hydrogen-bond acceptors (Lipinski definition) is 4. The van der Waals surface area contributed by atoms with Gasteiger partial charge in [0.15, 0.2) is 11.5 Å². The van der Waals surface area contributed by atoms with E-state index in [-0.39, 0.29) is 24.7 Å². The number of amides is 1. The molecule has 0 aromatic heterocycles. The third-order valence-electron chi connectivity index (χ3n) is 7.61. The zero-order valence-corrected chi connectivity index (χ0v) is 19.5. The van der Waals surface area contributed by atoms with Gasteiger partial charge in [0.2, 0.25) is 12.7 Å². The Bertz CT molecular complexity index is 1040. The summed E-state index contributed by atoms with van der Waals surface area (Å²) in [5.74, 6) is 1.93. The van der Waals surface area contributed by atoms with E-state index in [0.717, 1.165) is 42.6 Å². The van der Waals surface area contributed by atoms with E-state index in [4.69, 9.17) is 9.47 Å². The summed E-state index contributed by atoms with van der Waals surface area (Å²) in [5.41, 5.74) is 2.59. The summed E-state index contributed by atoms with van der Waals surface area (Å²) in [6, 6.07) is 14.1. The van der Waals surface area contributed by atoms with Crippen molar-refractivity contribution < 1.29 is 19.4 Å². The molecule has 1 aliphatic carbocycles. The van der Waals surface area contributed by atoms with Crippen molar-refractivity contribution in [1.29, 1.82) is 0 Å². The van der Waals surface area contributed by atoms with Crippen molar-refractivity contribution in [2.45, 2.75) is 63.5 Å². The molecular weight excluding hydrogens is 414 g/mol. The maximum atomic E-state index is 13.4. The van der Waals surface area contributed by atoms with Gasteiger partial charge in [-0.05, 0) is 60.1 Å². The molecule has 1 amide bonds. The zero-order chi connectivity index (χ0) is 23.0. The molecule has 3 aliphatic rings. The molecule has 2 fully saturated rings. The highest BCUT2D eigenvalue weighted by atomic mass is 16.7. The molecule has 0 spiro atoms. The standard InChI is InChI=1S/C28H33NO4/c1-19(2)21-9-6-20(7-10-21)8-13-26(30)29-16-15-28(31)14-4-3-5-23(28)27(29)22-11-12-24-25(17-22)33-18-32-24/h6-13,17,19,23,27,31H,3-5,14-16,18H2,1-2H3/b13-8+/t23-,27-,28+/m0/s1. The van der Waals surface area contributed by atoms with E-state index in [1.807, 2.05) is 29.2 Å². The Morgan fingerprint density at radius 2 is 1.88 bits per heavy atom. The molecule has 2 aromatic carbocycles. The van der Waals surface area contributed by atoms with E-state index in [9.17, 15) is 9.90 Å². The lowest BCUT2D eigenvalue weighted by Gasteiger charge is -2.52. The number of carbonyl (C=O) groups is 1. The predicted molar refractivity (Wildman–Crippen MR) is 128 cm³/mol. The fraction of sp³-hybridized carbons (Fsp3) is 0.464. The lowest BCUT2D eigenvalue weighted by atomic mass is 9.66. The minimum Gasteiger partial charge on any atom is -0.454 e. The molecule has 0 radical (unpaired) electrons. The third-order valence-corrected chi connectivity index (χ3v) is 7.61. The monoisotopic (exact) mass is 447 g/mol. The average Bonchev–Trinajstić information content (AvgIpc) is 3.29. The number of fused-ring (bicyclic) bond motifs is 2. The summed E-state index contributed by atoms with van der Waals surface area (Å²) in [4.78, 5) is 15.4. The molecule has 33 heavy (non-hydrogen) atoms. The molecule has 0 bridgehead atoms. The van der Waals surface area contributed by atoms with Gasteiger partial charge in [-0.25, -0.2) is 0 Å². The lowest BCUT2D eigenvalue weighted by Crippen LogP contribution is -2.56. The van der Waals surface area contributed by atoms with E-state index in [1.54, 1.807) is 6.08 Å². The van der Waals surface area contributed by atoms with Gasteiger partial charge in [-0.2, -0.15) is 0 Å². The Morgan fingerprint density at radius 1 is 1.09 bits per heavy atom. The molecule has 2 aromatic rings. The molecule has 5 heteroatoms. The minimum atomic E-state index is -0.716. The van der Waals surface area contributed by atoms with Gasteiger partial charge >= 0.3 is 0 Å². The molecule has 174 valence electrons. The van der Waals surface area contributed by atoms with Crippen LogP contribution in [0.4, 0.5) is 0 Å². The van der Waals surface area contributed by atoms with Crippen LogP contribution in [0.2, 0.25) is 0 Å². The van der Waals surface area contributed by atoms with Crippen molar-refractivity contribution in [3.63, 3.8) is 0 Å². The van der Waals surface area contributed by atoms with Crippen molar-refractivity contribution in [2.24, 2.45) is 5.92 Å². The van der Waals surface area contributed by atoms with Crippen molar-refractivity contribution in [3.8, 4) is 11.5 Å². The number of piperidine rings is 1. The van der Waals surface area contributed by atoms with E-state index in [2.05, 4.69) is 38.1 Å². The second-order valence-corrected chi connectivity index (χ2v) is 9.95. The van der Waals surface area contributed by atoms with Gasteiger partial charge in [0, 0.05) is 18.5 Å². The molecule has 2 heterocycles. The molecule has 1 saturated carbocycles. The van der Waals surface area contributed by atoms with Crippen LogP contribution in [0.3, 0.4) is 0 Å². The normalized spacial score (nSPS) is 26.6. The molecule has 5 nitrogen and oxygen atoms in total. The van der Waals surface area contributed by atoms with Crippen LogP contribution in [0.15, 0.2) is 48.5 Å². The summed E-state index contributed by atoms with van der Waals surface area (Å²) in [6.07, 6.45) is 8.04. The molecule has 1 N–H and O–H groups in total. The summed E-state index contributed by atoms with van der Waals surface area (Å²) in [5, 5.41) is 11.5. The Balaban J connectivity index is 1.43. The second kappa shape index (κ2) is 8.86. The van der Waals surface area contributed by atoms with Crippen molar-refractivity contribution >= 4 is 12.0 Å². The Morgan fingerprint density at radius 3 is 2.67 bits per heavy atom. The van der Waals surface area contributed by atoms with Crippen LogP contribution < -0.4 is 9.47 Å². The number of aliphatic hydroxyl groups is 1. The quantitative estimate of drug-likeness (QED) is 0.634. The highest BCUT2D eigenvalue weighted by Crippen LogP contribution is 2.50. The first-order valence-corrected chi connectivity index (χ1v) is 12.2. The third kappa shape index (κ3) is 4.26. The van der Waals surface area contributed by atoms with Gasteiger partial charge in [-0.15, -0.1) is 0 Å². The van der Waals surface area contributed by atoms with Crippen LogP contribution in [0.25, 0.3) is 6.08 Å². The predicted octanol–water partition coefficient (Wildman–Crippen LogP) is 5.45. The maximum Gasteiger partial charge on any atom is 0.247 e. The number of nitrogens with zero attached hydrogens (tertiary/aromatic N) is 1. The van der Waals surface area contributed by atoms with Gasteiger partial charge in [0.25, 0.3) is 0 Å². The highest BCUT2D eigenvalue weighted by molar-refractivity contribution is 5.92. The van der Waals surface area contributed by atoms with E-state index < -0.39 is 5.60 Å². The highest BCUT2D eigenvalue weighted by Gasteiger charge is 2.50. The minimum absolute atomic E-state index is 0.0155. The lowest BCUT2D eigenvalue weighted by molar-refractivity contribution is -0.150. The molecule has 1 saturated heterocycles. The van der Waals surface area contributed by atoms with Gasteiger partial charge in [-0.1, -0.05) is 57.0 Å². The van der Waals surface area contributed by atoms with Crippen molar-refractivity contribution in [1.82, 2.24) is 4.90 Å². The molecular formula is C28H33NO4. The SMILES string of the molecule is CC(C)c1ccc(/C=C/C(=O)N2CC[C@]3(O)CCCC[C@H]3[C@@H]2c2ccc3c(c2)OCO3)cc1. The second-order valence-electron chi connectivity index (χ2n) is 9.95. The smallest absolute Gasteiger partial charge is 0.247 e. The van der Waals surface area contributed by atoms with Gasteiger partial charge < -0.3 is 19.5 Å². The van der Waals surface area contributed by atoms with Crippen LogP contribution in [-0.4, -0.2) is 34.9 Å². The Labute approximate surface area is 196 Å².